The average molecular weight is 375 g/mol. The number of nitrogens with two attached hydrogens (primary N) is 1. The first-order valence-electron chi connectivity index (χ1n) is 6.20. The van der Waals surface area contributed by atoms with Crippen LogP contribution in [0.3, 0.4) is 0 Å². The highest BCUT2D eigenvalue weighted by atomic mass is 35.5. The maximum Gasteiger partial charge on any atom is 0.247 e. The summed E-state index contributed by atoms with van der Waals surface area (Å²) in [5, 5.41) is 2.97. The van der Waals surface area contributed by atoms with Crippen LogP contribution >= 0.6 is 35.8 Å². The van der Waals surface area contributed by atoms with Gasteiger partial charge in [-0.15, -0.1) is 24.2 Å². The van der Waals surface area contributed by atoms with E-state index in [-0.39, 0.29) is 37.4 Å². The van der Waals surface area contributed by atoms with E-state index >= 15 is 0 Å². The third kappa shape index (κ3) is 7.11. The zero-order valence-electron chi connectivity index (χ0n) is 11.9. The number of benzene rings is 1. The lowest BCUT2D eigenvalue weighted by molar-refractivity contribution is -0.118. The molecule has 0 aliphatic rings. The second-order valence-electron chi connectivity index (χ2n) is 4.16. The SMILES string of the molecule is COC(CN)CC(=O)Nc1cccc(Cl)c1SCC(F)F.Cl. The molecule has 0 saturated carbocycles. The zero-order chi connectivity index (χ0) is 15.8. The van der Waals surface area contributed by atoms with Gasteiger partial charge in [0.1, 0.15) is 0 Å². The Morgan fingerprint density at radius 3 is 2.73 bits per heavy atom. The molecule has 22 heavy (non-hydrogen) atoms. The van der Waals surface area contributed by atoms with Crippen molar-refractivity contribution >= 4 is 47.4 Å². The van der Waals surface area contributed by atoms with Gasteiger partial charge in [0.15, 0.2) is 0 Å². The van der Waals surface area contributed by atoms with Crippen molar-refractivity contribution in [1.82, 2.24) is 0 Å². The van der Waals surface area contributed by atoms with Crippen LogP contribution in [0.25, 0.3) is 0 Å². The lowest BCUT2D eigenvalue weighted by Crippen LogP contribution is -2.28. The van der Waals surface area contributed by atoms with Crippen LogP contribution in [0.5, 0.6) is 0 Å². The smallest absolute Gasteiger partial charge is 0.247 e. The first kappa shape index (κ1) is 21.4. The van der Waals surface area contributed by atoms with Crippen molar-refractivity contribution in [3.63, 3.8) is 0 Å². The molecule has 1 rings (SSSR count). The molecule has 0 aliphatic heterocycles. The van der Waals surface area contributed by atoms with Gasteiger partial charge in [0, 0.05) is 18.6 Å². The second kappa shape index (κ2) is 11.0. The monoisotopic (exact) mass is 374 g/mol. The summed E-state index contributed by atoms with van der Waals surface area (Å²) in [5.74, 6) is -0.704. The number of carbonyl (C=O) groups excluding carboxylic acids is 1. The van der Waals surface area contributed by atoms with E-state index in [0.717, 1.165) is 11.8 Å². The number of carbonyl (C=O) groups is 1. The van der Waals surface area contributed by atoms with E-state index in [2.05, 4.69) is 5.32 Å². The Bertz CT molecular complexity index is 477. The maximum atomic E-state index is 12.3. The van der Waals surface area contributed by atoms with E-state index in [4.69, 9.17) is 22.1 Å². The summed E-state index contributed by atoms with van der Waals surface area (Å²) in [6.45, 7) is 0.215. The maximum absolute atomic E-state index is 12.3. The Morgan fingerprint density at radius 1 is 1.50 bits per heavy atom. The van der Waals surface area contributed by atoms with Gasteiger partial charge in [-0.25, -0.2) is 8.78 Å². The summed E-state index contributed by atoms with van der Waals surface area (Å²) in [6, 6.07) is 4.84. The van der Waals surface area contributed by atoms with Crippen LogP contribution in [-0.4, -0.2) is 37.8 Å². The Labute approximate surface area is 143 Å². The molecular weight excluding hydrogens is 357 g/mol. The summed E-state index contributed by atoms with van der Waals surface area (Å²) in [7, 11) is 1.47. The molecule has 0 heterocycles. The molecule has 1 amide bonds. The van der Waals surface area contributed by atoms with E-state index in [1.165, 1.54) is 7.11 Å². The highest BCUT2D eigenvalue weighted by Gasteiger charge is 2.15. The minimum absolute atomic E-state index is 0. The number of amides is 1. The quantitative estimate of drug-likeness (QED) is 0.684. The topological polar surface area (TPSA) is 64.3 Å². The Balaban J connectivity index is 0.00000441. The number of alkyl halides is 2. The molecule has 0 bridgehead atoms. The van der Waals surface area contributed by atoms with Gasteiger partial charge < -0.3 is 15.8 Å². The minimum Gasteiger partial charge on any atom is -0.380 e. The molecule has 0 spiro atoms. The van der Waals surface area contributed by atoms with Gasteiger partial charge >= 0.3 is 0 Å². The number of ether oxygens (including phenoxy) is 1. The average Bonchev–Trinajstić information content (AvgIpc) is 2.43. The van der Waals surface area contributed by atoms with E-state index in [0.29, 0.717) is 15.6 Å². The van der Waals surface area contributed by atoms with Crippen molar-refractivity contribution in [2.24, 2.45) is 5.73 Å². The van der Waals surface area contributed by atoms with Crippen molar-refractivity contribution in [2.75, 3.05) is 24.7 Å². The van der Waals surface area contributed by atoms with Crippen LogP contribution in [0.1, 0.15) is 6.42 Å². The van der Waals surface area contributed by atoms with E-state index in [1.54, 1.807) is 18.2 Å². The Hall–Kier alpha value is -0.600. The fraction of sp³-hybridized carbons (Fsp3) is 0.462. The van der Waals surface area contributed by atoms with Crippen LogP contribution < -0.4 is 11.1 Å². The van der Waals surface area contributed by atoms with Gasteiger partial charge in [-0.05, 0) is 12.1 Å². The van der Waals surface area contributed by atoms with E-state index in [1.807, 2.05) is 0 Å². The normalized spacial score (nSPS) is 11.9. The predicted octanol–water partition coefficient (Wildman–Crippen LogP) is 3.42. The van der Waals surface area contributed by atoms with Gasteiger partial charge in [-0.3, -0.25) is 4.79 Å². The van der Waals surface area contributed by atoms with Gasteiger partial charge in [-0.2, -0.15) is 0 Å². The first-order chi connectivity index (χ1) is 9.97. The second-order valence-corrected chi connectivity index (χ2v) is 5.60. The van der Waals surface area contributed by atoms with Gasteiger partial charge in [-0.1, -0.05) is 17.7 Å². The van der Waals surface area contributed by atoms with Gasteiger partial charge in [0.2, 0.25) is 12.3 Å². The number of nitrogens with one attached hydrogen (secondary N) is 1. The molecule has 0 radical (unpaired) electrons. The minimum atomic E-state index is -2.45. The molecule has 0 fully saturated rings. The number of methoxy groups -OCH3 is 1. The number of hydrogen-bond donors (Lipinski definition) is 2. The Morgan fingerprint density at radius 2 is 2.18 bits per heavy atom. The van der Waals surface area contributed by atoms with Crippen LogP contribution in [-0.2, 0) is 9.53 Å². The highest BCUT2D eigenvalue weighted by molar-refractivity contribution is 7.99. The Kier molecular flexibility index (Phi) is 10.7. The molecule has 1 unspecified atom stereocenters. The molecule has 1 aromatic rings. The number of hydrogen-bond acceptors (Lipinski definition) is 4. The molecule has 1 aromatic carbocycles. The summed E-state index contributed by atoms with van der Waals surface area (Å²) >= 11 is 6.90. The lowest BCUT2D eigenvalue weighted by atomic mass is 10.2. The zero-order valence-corrected chi connectivity index (χ0v) is 14.2. The van der Waals surface area contributed by atoms with Gasteiger partial charge in [0.25, 0.3) is 0 Å². The molecule has 9 heteroatoms. The summed E-state index contributed by atoms with van der Waals surface area (Å²) in [6.07, 6.45) is -2.76. The fourth-order valence-corrected chi connectivity index (χ4v) is 2.68. The largest absolute Gasteiger partial charge is 0.380 e. The number of halogens is 4. The third-order valence-electron chi connectivity index (χ3n) is 2.60. The van der Waals surface area contributed by atoms with Crippen molar-refractivity contribution in [1.29, 1.82) is 0 Å². The van der Waals surface area contributed by atoms with Crippen LogP contribution in [0, 0.1) is 0 Å². The van der Waals surface area contributed by atoms with Crippen molar-refractivity contribution in [2.45, 2.75) is 23.8 Å². The molecule has 4 nitrogen and oxygen atoms in total. The number of thioether (sulfide) groups is 1. The highest BCUT2D eigenvalue weighted by Crippen LogP contribution is 2.35. The summed E-state index contributed by atoms with van der Waals surface area (Å²) < 4.78 is 29.7. The molecular formula is C13H18Cl2F2N2O2S. The molecule has 0 saturated heterocycles. The lowest BCUT2D eigenvalue weighted by Gasteiger charge is -2.15. The summed E-state index contributed by atoms with van der Waals surface area (Å²) in [4.78, 5) is 12.3. The van der Waals surface area contributed by atoms with Crippen LogP contribution in [0.2, 0.25) is 5.02 Å². The van der Waals surface area contributed by atoms with E-state index < -0.39 is 12.2 Å². The van der Waals surface area contributed by atoms with Crippen molar-refractivity contribution in [3.05, 3.63) is 23.2 Å². The van der Waals surface area contributed by atoms with Crippen molar-refractivity contribution in [3.8, 4) is 0 Å². The molecule has 126 valence electrons. The van der Waals surface area contributed by atoms with Crippen LogP contribution in [0.4, 0.5) is 14.5 Å². The van der Waals surface area contributed by atoms with E-state index in [9.17, 15) is 13.6 Å². The standard InChI is InChI=1S/C13H17ClF2N2O2S.ClH/c1-20-8(6-17)5-12(19)18-10-4-2-3-9(14)13(10)21-7-11(15)16;/h2-4,8,11H,5-7,17H2,1H3,(H,18,19);1H. The summed E-state index contributed by atoms with van der Waals surface area (Å²) in [5.41, 5.74) is 5.85. The van der Waals surface area contributed by atoms with Crippen LogP contribution in [0.15, 0.2) is 23.1 Å². The molecule has 1 atom stereocenters. The molecule has 0 aromatic heterocycles. The van der Waals surface area contributed by atoms with Gasteiger partial charge in [0.05, 0.1) is 29.0 Å². The number of rotatable bonds is 8. The first-order valence-corrected chi connectivity index (χ1v) is 7.56. The third-order valence-corrected chi connectivity index (χ3v) is 4.18. The fourth-order valence-electron chi connectivity index (χ4n) is 1.57. The predicted molar refractivity (Wildman–Crippen MR) is 88.5 cm³/mol. The molecule has 0 aliphatic carbocycles. The van der Waals surface area contributed by atoms with Crippen molar-refractivity contribution < 1.29 is 18.3 Å². The molecule has 3 N–H and O–H groups in total. The number of anilines is 1.